The van der Waals surface area contributed by atoms with Crippen LogP contribution in [0.25, 0.3) is 0 Å². The van der Waals surface area contributed by atoms with Gasteiger partial charge in [0.15, 0.2) is 19.7 Å². The first-order valence-electron chi connectivity index (χ1n) is 8.69. The van der Waals surface area contributed by atoms with Gasteiger partial charge in [-0.1, -0.05) is 13.8 Å². The molecule has 0 aliphatic carbocycles. The summed E-state index contributed by atoms with van der Waals surface area (Å²) in [7, 11) is -6.58. The lowest BCUT2D eigenvalue weighted by Gasteiger charge is -2.09. The zero-order valence-corrected chi connectivity index (χ0v) is 17.1. The highest BCUT2D eigenvalue weighted by Gasteiger charge is 2.14. The van der Waals surface area contributed by atoms with Gasteiger partial charge in [-0.3, -0.25) is 0 Å². The topological polar surface area (TPSA) is 86.7 Å². The minimum atomic E-state index is -3.25. The maximum Gasteiger partial charge on any atom is 0.576 e. The van der Waals surface area contributed by atoms with E-state index in [9.17, 15) is 16.8 Å². The first-order valence-corrected chi connectivity index (χ1v) is 12.0. The molecule has 0 aromatic heterocycles. The molecule has 0 bridgehead atoms. The van der Waals surface area contributed by atoms with Crippen molar-refractivity contribution in [1.82, 2.24) is 0 Å². The monoisotopic (exact) mass is 410 g/mol. The second-order valence-corrected chi connectivity index (χ2v) is 10.2. The molecule has 0 amide bonds. The molecule has 0 N–H and O–H groups in total. The van der Waals surface area contributed by atoms with Crippen LogP contribution in [0.15, 0.2) is 58.3 Å². The lowest BCUT2D eigenvalue weighted by molar-refractivity contribution is 0.458. The predicted molar refractivity (Wildman–Crippen MR) is 106 cm³/mol. The molecule has 0 saturated heterocycles. The van der Waals surface area contributed by atoms with Crippen molar-refractivity contribution in [3.63, 3.8) is 0 Å². The third-order valence-corrected chi connectivity index (χ3v) is 7.63. The summed E-state index contributed by atoms with van der Waals surface area (Å²) in [5.74, 6) is 1.18. The summed E-state index contributed by atoms with van der Waals surface area (Å²) in [6.45, 7) is 3.64. The molecule has 0 atom stereocenters. The van der Waals surface area contributed by atoms with Gasteiger partial charge in [-0.25, -0.2) is 16.8 Å². The van der Waals surface area contributed by atoms with Crippen LogP contribution < -0.4 is 9.31 Å². The van der Waals surface area contributed by atoms with E-state index in [1.807, 2.05) is 13.8 Å². The Morgan fingerprint density at radius 3 is 1.30 bits per heavy atom. The average Bonchev–Trinajstić information content (AvgIpc) is 2.62. The Morgan fingerprint density at radius 1 is 0.667 bits per heavy atom. The Bertz CT molecular complexity index is 857. The van der Waals surface area contributed by atoms with Crippen molar-refractivity contribution in [3.8, 4) is 11.5 Å². The Labute approximate surface area is 161 Å². The number of hydrogen-bond donors (Lipinski definition) is 0. The molecule has 0 unspecified atom stereocenters. The van der Waals surface area contributed by atoms with Crippen molar-refractivity contribution in [1.29, 1.82) is 0 Å². The molecule has 0 radical (unpaired) electrons. The normalized spacial score (nSPS) is 11.8. The highest BCUT2D eigenvalue weighted by molar-refractivity contribution is 7.91. The zero-order chi connectivity index (χ0) is 19.9. The minimum Gasteiger partial charge on any atom is -0.529 e. The Kier molecular flexibility index (Phi) is 7.32. The molecule has 6 nitrogen and oxygen atoms in total. The van der Waals surface area contributed by atoms with E-state index in [-0.39, 0.29) is 29.0 Å². The molecule has 2 aromatic rings. The predicted octanol–water partition coefficient (Wildman–Crippen LogP) is 2.78. The van der Waals surface area contributed by atoms with Gasteiger partial charge in [0.05, 0.1) is 21.3 Å². The van der Waals surface area contributed by atoms with E-state index in [4.69, 9.17) is 9.31 Å². The van der Waals surface area contributed by atoms with E-state index < -0.39 is 19.7 Å². The smallest absolute Gasteiger partial charge is 0.529 e. The summed E-state index contributed by atoms with van der Waals surface area (Å²) >= 11 is 0. The highest BCUT2D eigenvalue weighted by atomic mass is 32.2. The quantitative estimate of drug-likeness (QED) is 0.560. The van der Waals surface area contributed by atoms with Crippen LogP contribution in [0.5, 0.6) is 11.5 Å². The van der Waals surface area contributed by atoms with Crippen LogP contribution >= 0.6 is 0 Å². The summed E-state index contributed by atoms with van der Waals surface area (Å²) in [4.78, 5) is 0.531. The first-order chi connectivity index (χ1) is 12.8. The lowest BCUT2D eigenvalue weighted by atomic mass is 10.3. The molecule has 0 spiro atoms. The Hall–Kier alpha value is -2.00. The van der Waals surface area contributed by atoms with E-state index >= 15 is 0 Å². The fourth-order valence-electron chi connectivity index (χ4n) is 2.43. The highest BCUT2D eigenvalue weighted by Crippen LogP contribution is 2.19. The molecule has 0 fully saturated rings. The molecule has 27 heavy (non-hydrogen) atoms. The van der Waals surface area contributed by atoms with Crippen LogP contribution in [-0.4, -0.2) is 36.0 Å². The SMILES string of the molecule is CCCS(=O)(=O)c1ccc(OBOc2ccc(S(=O)(=O)CCC)cc2)cc1. The summed E-state index contributed by atoms with van der Waals surface area (Å²) in [5.41, 5.74) is 0. The minimum absolute atomic E-state index is 0.0812. The molecular weight excluding hydrogens is 387 g/mol. The van der Waals surface area contributed by atoms with Crippen LogP contribution in [0.1, 0.15) is 26.7 Å². The van der Waals surface area contributed by atoms with Crippen molar-refractivity contribution in [2.75, 3.05) is 11.5 Å². The zero-order valence-electron chi connectivity index (χ0n) is 15.4. The maximum atomic E-state index is 12.0. The molecular formula is C18H23BO6S2. The Balaban J connectivity index is 1.91. The Morgan fingerprint density at radius 2 is 1.00 bits per heavy atom. The van der Waals surface area contributed by atoms with E-state index in [2.05, 4.69) is 0 Å². The van der Waals surface area contributed by atoms with Gasteiger partial charge in [0.2, 0.25) is 0 Å². The third-order valence-electron chi connectivity index (χ3n) is 3.76. The fraction of sp³-hybridized carbons (Fsp3) is 0.333. The van der Waals surface area contributed by atoms with Gasteiger partial charge in [0, 0.05) is 0 Å². The summed E-state index contributed by atoms with van der Waals surface area (Å²) < 4.78 is 58.8. The van der Waals surface area contributed by atoms with Gasteiger partial charge in [0.25, 0.3) is 0 Å². The van der Waals surface area contributed by atoms with Crippen molar-refractivity contribution in [2.45, 2.75) is 36.5 Å². The van der Waals surface area contributed by atoms with Gasteiger partial charge in [-0.2, -0.15) is 0 Å². The molecule has 0 saturated carbocycles. The number of rotatable bonds is 10. The maximum absolute atomic E-state index is 12.0. The van der Waals surface area contributed by atoms with E-state index in [1.54, 1.807) is 24.3 Å². The molecule has 0 heterocycles. The van der Waals surface area contributed by atoms with Crippen molar-refractivity contribution >= 4 is 27.4 Å². The molecule has 146 valence electrons. The van der Waals surface area contributed by atoms with Crippen LogP contribution in [0, 0.1) is 0 Å². The second kappa shape index (κ2) is 9.28. The number of benzene rings is 2. The first kappa shape index (κ1) is 21.3. The number of hydrogen-bond acceptors (Lipinski definition) is 6. The molecule has 2 aromatic carbocycles. The van der Waals surface area contributed by atoms with Gasteiger partial charge >= 0.3 is 7.69 Å². The summed E-state index contributed by atoms with van der Waals surface area (Å²) in [6, 6.07) is 12.3. The van der Waals surface area contributed by atoms with Crippen LogP contribution in [0.4, 0.5) is 0 Å². The second-order valence-electron chi connectivity index (χ2n) is 5.99. The standard InChI is InChI=1S/C18H23BO6S2/c1-3-13-26(20,21)17-9-5-15(6-10-17)24-19-25-16-7-11-18(12-8-16)27(22,23)14-4-2/h5-12,19H,3-4,13-14H2,1-2H3. The molecule has 9 heteroatoms. The largest absolute Gasteiger partial charge is 0.576 e. The van der Waals surface area contributed by atoms with Gasteiger partial charge in [0.1, 0.15) is 11.5 Å². The van der Waals surface area contributed by atoms with E-state index in [0.29, 0.717) is 24.3 Å². The van der Waals surface area contributed by atoms with Gasteiger partial charge in [-0.05, 0) is 61.4 Å². The van der Waals surface area contributed by atoms with Crippen molar-refractivity contribution in [2.24, 2.45) is 0 Å². The van der Waals surface area contributed by atoms with E-state index in [1.165, 1.54) is 24.3 Å². The fourth-order valence-corrected chi connectivity index (χ4v) is 5.07. The molecule has 2 rings (SSSR count). The van der Waals surface area contributed by atoms with Gasteiger partial charge in [-0.15, -0.1) is 0 Å². The van der Waals surface area contributed by atoms with Crippen LogP contribution in [0.3, 0.4) is 0 Å². The summed E-state index contributed by atoms with van der Waals surface area (Å²) in [6.07, 6.45) is 1.12. The van der Waals surface area contributed by atoms with E-state index in [0.717, 1.165) is 0 Å². The van der Waals surface area contributed by atoms with Crippen molar-refractivity contribution < 1.29 is 26.1 Å². The van der Waals surface area contributed by atoms with Crippen molar-refractivity contribution in [3.05, 3.63) is 48.5 Å². The third kappa shape index (κ3) is 6.00. The van der Waals surface area contributed by atoms with Gasteiger partial charge < -0.3 is 9.31 Å². The summed E-state index contributed by atoms with van der Waals surface area (Å²) in [5, 5.41) is 0. The van der Waals surface area contributed by atoms with Crippen LogP contribution in [0.2, 0.25) is 0 Å². The molecule has 0 aliphatic rings. The average molecular weight is 410 g/mol. The number of sulfone groups is 2. The van der Waals surface area contributed by atoms with Crippen LogP contribution in [-0.2, 0) is 19.7 Å². The lowest BCUT2D eigenvalue weighted by Crippen LogP contribution is -2.11. The molecule has 0 aliphatic heterocycles.